The maximum Gasteiger partial charge on any atom is 0.142 e. The van der Waals surface area contributed by atoms with Gasteiger partial charge in [0, 0.05) is 17.8 Å². The number of ether oxygens (including phenoxy) is 1. The molecule has 0 aromatic heterocycles. The quantitative estimate of drug-likeness (QED) is 0.449. The van der Waals surface area contributed by atoms with E-state index >= 15 is 0 Å². The van der Waals surface area contributed by atoms with E-state index in [0.29, 0.717) is 35.6 Å². The molecule has 3 nitrogen and oxygen atoms in total. The highest BCUT2D eigenvalue weighted by molar-refractivity contribution is 5.88. The first-order chi connectivity index (χ1) is 15.2. The number of fused-ring (bicyclic) bond motifs is 4. The van der Waals surface area contributed by atoms with Gasteiger partial charge in [0.2, 0.25) is 0 Å². The third-order valence-corrected chi connectivity index (χ3v) is 13.9. The topological polar surface area (TPSA) is 46.5 Å². The average Bonchev–Trinajstić information content (AvgIpc) is 2.99. The van der Waals surface area contributed by atoms with E-state index in [9.17, 15) is 9.90 Å². The van der Waals surface area contributed by atoms with Crippen LogP contribution < -0.4 is 0 Å². The van der Waals surface area contributed by atoms with Crippen molar-refractivity contribution in [3.63, 3.8) is 0 Å². The van der Waals surface area contributed by atoms with Gasteiger partial charge in [-0.15, -0.1) is 0 Å². The second-order valence-electron chi connectivity index (χ2n) is 15.7. The van der Waals surface area contributed by atoms with Crippen LogP contribution in [0.5, 0.6) is 0 Å². The minimum atomic E-state index is -0.198. The van der Waals surface area contributed by atoms with Crippen LogP contribution in [0, 0.1) is 50.2 Å². The number of carbonyl (C=O) groups excluding carboxylic acids is 1. The van der Waals surface area contributed by atoms with Crippen LogP contribution in [0.15, 0.2) is 0 Å². The predicted molar refractivity (Wildman–Crippen MR) is 131 cm³/mol. The Hall–Kier alpha value is -0.410. The van der Waals surface area contributed by atoms with E-state index < -0.39 is 0 Å². The molecule has 6 aliphatic rings. The maximum atomic E-state index is 14.1. The molecule has 1 saturated heterocycles. The van der Waals surface area contributed by atoms with Gasteiger partial charge < -0.3 is 9.84 Å². The van der Waals surface area contributed by atoms with Gasteiger partial charge in [-0.25, -0.2) is 0 Å². The molecule has 1 N–H and O–H groups in total. The zero-order valence-electron chi connectivity index (χ0n) is 22.4. The lowest BCUT2D eigenvalue weighted by Crippen LogP contribution is -2.73. The van der Waals surface area contributed by atoms with E-state index in [-0.39, 0.29) is 38.8 Å². The number of hydrogen-bond acceptors (Lipinski definition) is 3. The van der Waals surface area contributed by atoms with Crippen LogP contribution in [0.3, 0.4) is 0 Å². The molecular weight excluding hydrogens is 408 g/mol. The van der Waals surface area contributed by atoms with Crippen LogP contribution in [0.1, 0.15) is 113 Å². The predicted octanol–water partition coefficient (Wildman–Crippen LogP) is 6.56. The molecule has 6 rings (SSSR count). The molecule has 33 heavy (non-hydrogen) atoms. The van der Waals surface area contributed by atoms with E-state index in [1.54, 1.807) is 0 Å². The zero-order chi connectivity index (χ0) is 23.9. The number of ketones is 1. The first kappa shape index (κ1) is 23.0. The van der Waals surface area contributed by atoms with Crippen LogP contribution >= 0.6 is 0 Å². The number of aliphatic hydroxyl groups is 1. The highest BCUT2D eigenvalue weighted by Crippen LogP contribution is 2.79. The van der Waals surface area contributed by atoms with Crippen molar-refractivity contribution in [2.24, 2.45) is 50.2 Å². The Balaban J connectivity index is 1.46. The number of carbonyl (C=O) groups is 1. The summed E-state index contributed by atoms with van der Waals surface area (Å²) >= 11 is 0. The van der Waals surface area contributed by atoms with Gasteiger partial charge in [0.1, 0.15) is 5.78 Å². The van der Waals surface area contributed by atoms with E-state index in [2.05, 4.69) is 48.5 Å². The van der Waals surface area contributed by atoms with Crippen molar-refractivity contribution in [1.82, 2.24) is 0 Å². The van der Waals surface area contributed by atoms with E-state index in [1.165, 1.54) is 19.3 Å². The Morgan fingerprint density at radius 2 is 1.52 bits per heavy atom. The van der Waals surface area contributed by atoms with Crippen molar-refractivity contribution < 1.29 is 14.6 Å². The summed E-state index contributed by atoms with van der Waals surface area (Å²) in [4.78, 5) is 14.1. The Kier molecular flexibility index (Phi) is 4.38. The normalized spacial score (nSPS) is 58.6. The molecule has 2 bridgehead atoms. The van der Waals surface area contributed by atoms with E-state index in [1.807, 2.05) is 0 Å². The van der Waals surface area contributed by atoms with Crippen LogP contribution in [-0.2, 0) is 9.53 Å². The Bertz CT molecular complexity index is 891. The molecule has 0 unspecified atom stereocenters. The lowest BCUT2D eigenvalue weighted by Gasteiger charge is -2.74. The second kappa shape index (κ2) is 6.28. The van der Waals surface area contributed by atoms with Gasteiger partial charge >= 0.3 is 0 Å². The Morgan fingerprint density at radius 1 is 0.818 bits per heavy atom. The standard InChI is InChI=1S/C30H48O3/c1-24(2)14-15-29-18-33-30(21(29)16-24)13-9-20-26(5)11-10-22(31)25(3,4)19(26)8-12-27(20,6)28(30,7)17-23(29)32/h19-22,31H,8-18H2,1-7H3/t19-,20-,21+,22-,26-,27+,28-,29+,30-/m0/s1. The Labute approximate surface area is 201 Å². The molecule has 0 radical (unpaired) electrons. The monoisotopic (exact) mass is 456 g/mol. The summed E-state index contributed by atoms with van der Waals surface area (Å²) in [6, 6.07) is 0. The second-order valence-corrected chi connectivity index (χ2v) is 15.7. The summed E-state index contributed by atoms with van der Waals surface area (Å²) in [5, 5.41) is 10.9. The number of Topliss-reactive ketones (excluding diaryl/α,β-unsaturated/α-hetero) is 1. The van der Waals surface area contributed by atoms with Crippen molar-refractivity contribution in [3.8, 4) is 0 Å². The summed E-state index contributed by atoms with van der Waals surface area (Å²) in [7, 11) is 0. The van der Waals surface area contributed by atoms with Crippen molar-refractivity contribution in [2.45, 2.75) is 124 Å². The zero-order valence-corrected chi connectivity index (χ0v) is 22.4. The molecule has 186 valence electrons. The summed E-state index contributed by atoms with van der Waals surface area (Å²) < 4.78 is 7.05. The van der Waals surface area contributed by atoms with Gasteiger partial charge in [-0.3, -0.25) is 4.79 Å². The minimum Gasteiger partial charge on any atom is -0.393 e. The molecule has 1 aliphatic heterocycles. The van der Waals surface area contributed by atoms with E-state index in [4.69, 9.17) is 4.74 Å². The van der Waals surface area contributed by atoms with E-state index in [0.717, 1.165) is 44.9 Å². The molecule has 1 spiro atoms. The summed E-state index contributed by atoms with van der Waals surface area (Å²) in [5.74, 6) is 2.09. The van der Waals surface area contributed by atoms with Gasteiger partial charge in [0.05, 0.1) is 23.7 Å². The van der Waals surface area contributed by atoms with Crippen molar-refractivity contribution in [2.75, 3.05) is 6.61 Å². The van der Waals surface area contributed by atoms with Crippen LogP contribution in [0.2, 0.25) is 0 Å². The highest BCUT2D eigenvalue weighted by atomic mass is 16.5. The highest BCUT2D eigenvalue weighted by Gasteiger charge is 2.80. The molecule has 5 saturated carbocycles. The number of rotatable bonds is 0. The van der Waals surface area contributed by atoms with Crippen LogP contribution in [-0.4, -0.2) is 29.2 Å². The molecule has 3 heteroatoms. The van der Waals surface area contributed by atoms with Crippen LogP contribution in [0.4, 0.5) is 0 Å². The lowest BCUT2D eigenvalue weighted by molar-refractivity contribution is -0.282. The largest absolute Gasteiger partial charge is 0.393 e. The number of hydrogen-bond donors (Lipinski definition) is 1. The SMILES string of the molecule is CC1(C)CC[C@]23CO[C@@]4(CC[C@H]5[C@@]6(C)CC[C@H](O)C(C)(C)[C@@H]6CC[C@@]5(C)[C@]4(C)CC2=O)[C@@H]3C1. The van der Waals surface area contributed by atoms with Crippen molar-refractivity contribution >= 4 is 5.78 Å². The molecule has 9 atom stereocenters. The van der Waals surface area contributed by atoms with Gasteiger partial charge in [0.25, 0.3) is 0 Å². The number of aliphatic hydroxyl groups excluding tert-OH is 1. The fourth-order valence-electron chi connectivity index (χ4n) is 11.7. The summed E-state index contributed by atoms with van der Waals surface area (Å²) in [5.41, 5.74) is 0.210. The Morgan fingerprint density at radius 3 is 2.24 bits per heavy atom. The smallest absolute Gasteiger partial charge is 0.142 e. The van der Waals surface area contributed by atoms with Crippen molar-refractivity contribution in [1.29, 1.82) is 0 Å². The maximum absolute atomic E-state index is 14.1. The third-order valence-electron chi connectivity index (χ3n) is 13.9. The fraction of sp³-hybridized carbons (Fsp3) is 0.967. The molecule has 0 aromatic rings. The van der Waals surface area contributed by atoms with Gasteiger partial charge in [-0.05, 0) is 91.3 Å². The molecule has 0 amide bonds. The lowest BCUT2D eigenvalue weighted by atomic mass is 9.30. The van der Waals surface area contributed by atoms with Crippen molar-refractivity contribution in [3.05, 3.63) is 0 Å². The average molecular weight is 457 g/mol. The third kappa shape index (κ3) is 2.39. The summed E-state index contributed by atoms with van der Waals surface area (Å²) in [6.45, 7) is 17.8. The fourth-order valence-corrected chi connectivity index (χ4v) is 11.7. The molecule has 1 heterocycles. The summed E-state index contributed by atoms with van der Waals surface area (Å²) in [6.07, 6.45) is 10.6. The molecule has 5 aliphatic carbocycles. The first-order valence-electron chi connectivity index (χ1n) is 14.0. The first-order valence-corrected chi connectivity index (χ1v) is 14.0. The van der Waals surface area contributed by atoms with Crippen LogP contribution in [0.25, 0.3) is 0 Å². The molecular formula is C30H48O3. The van der Waals surface area contributed by atoms with Gasteiger partial charge in [-0.2, -0.15) is 0 Å². The van der Waals surface area contributed by atoms with Gasteiger partial charge in [-0.1, -0.05) is 48.5 Å². The minimum absolute atomic E-state index is 0.0286. The van der Waals surface area contributed by atoms with Gasteiger partial charge in [0.15, 0.2) is 0 Å². The molecule has 6 fully saturated rings. The molecule has 0 aromatic carbocycles.